The number of carbonyl (C=O) groups excluding carboxylic acids is 8. The minimum Gasteiger partial charge on any atom is -0.458 e. The number of nitrogens with two attached hydrogens (primary N) is 1. The minimum absolute atomic E-state index is 0.0499. The molecule has 3 rings (SSSR count). The molecule has 2 aliphatic rings. The van der Waals surface area contributed by atoms with Crippen molar-refractivity contribution in [1.82, 2.24) is 26.2 Å². The number of hydrogen-bond donors (Lipinski definition) is 5. The molecule has 2 fully saturated rings. The molecule has 1 saturated carbocycles. The highest BCUT2D eigenvalue weighted by Crippen LogP contribution is 2.30. The quantitative estimate of drug-likeness (QED) is 0.0894. The van der Waals surface area contributed by atoms with Crippen molar-refractivity contribution in [2.75, 3.05) is 19.7 Å². The molecule has 5 atom stereocenters. The Hall–Kier alpha value is -4.93. The number of likely N-dealkylation sites (tertiary alicyclic amines) is 1. The Balaban J connectivity index is 1.81. The lowest BCUT2D eigenvalue weighted by atomic mass is 9.83. The number of halogens is 1. The zero-order valence-corrected chi connectivity index (χ0v) is 34.4. The number of nitrogens with one attached hydrogen (secondary N) is 4. The molecule has 6 amide bonds. The van der Waals surface area contributed by atoms with E-state index in [2.05, 4.69) is 21.3 Å². The maximum atomic E-state index is 14.6. The summed E-state index contributed by atoms with van der Waals surface area (Å²) in [6, 6.07) is 0.941. The second-order valence-corrected chi connectivity index (χ2v) is 16.1. The lowest BCUT2D eigenvalue weighted by molar-refractivity contribution is -0.162. The molecule has 0 aromatic heterocycles. The van der Waals surface area contributed by atoms with Crippen LogP contribution in [0.5, 0.6) is 0 Å². The average molecular weight is 817 g/mol. The van der Waals surface area contributed by atoms with Crippen LogP contribution >= 0.6 is 0 Å². The first-order valence-electron chi connectivity index (χ1n) is 20.3. The van der Waals surface area contributed by atoms with Crippen LogP contribution in [0.15, 0.2) is 24.3 Å². The van der Waals surface area contributed by atoms with E-state index in [1.807, 2.05) is 6.92 Å². The normalized spacial score (nSPS) is 18.6. The smallest absolute Gasteiger partial charge is 0.332 e. The number of hydrogen-bond acceptors (Lipinski definition) is 10. The van der Waals surface area contributed by atoms with Crippen molar-refractivity contribution in [1.29, 1.82) is 0 Å². The van der Waals surface area contributed by atoms with Crippen molar-refractivity contribution in [3.63, 3.8) is 0 Å². The number of rotatable bonds is 21. The molecule has 1 saturated heterocycles. The number of carbonyl (C=O) groups is 8. The third-order valence-electron chi connectivity index (χ3n) is 10.1. The Morgan fingerprint density at radius 2 is 1.55 bits per heavy atom. The van der Waals surface area contributed by atoms with E-state index in [9.17, 15) is 42.7 Å². The largest absolute Gasteiger partial charge is 0.458 e. The van der Waals surface area contributed by atoms with E-state index in [1.165, 1.54) is 29.2 Å². The third kappa shape index (κ3) is 15.4. The molecule has 16 nitrogen and oxygen atoms in total. The standard InChI is InChI=1S/C41H61FN6O10/c1-6-8-15-30(37(43)53)45-33(50)22-44-39(55)36(52)29(12-7-2)46-38(54)31-21-28(57-24-34(51)58-41(3,4)5)23-48(31)40(56)35(26-13-10-9-11-14-26)47-32(49)20-25-16-18-27(42)19-17-25/h16-19,26,28-31,35H,6-15,20-24H2,1-5H3,(H2,43,53)(H,44,55)(H,45,50)(H,46,54)(H,47,49)/t28-,29?,30?,31?,35?/m1/s1. The first-order valence-corrected chi connectivity index (χ1v) is 20.3. The number of ketones is 1. The van der Waals surface area contributed by atoms with E-state index >= 15 is 0 Å². The monoisotopic (exact) mass is 816 g/mol. The van der Waals surface area contributed by atoms with E-state index in [0.29, 0.717) is 37.7 Å². The van der Waals surface area contributed by atoms with Gasteiger partial charge in [0.05, 0.1) is 25.1 Å². The highest BCUT2D eigenvalue weighted by Gasteiger charge is 2.45. The SMILES string of the molecule is CCCCC(NC(=O)CNC(=O)C(=O)C(CCC)NC(=O)C1C[C@@H](OCC(=O)OC(C)(C)C)CN1C(=O)C(NC(=O)Cc1ccc(F)cc1)C1CCCCC1)C(N)=O. The highest BCUT2D eigenvalue weighted by atomic mass is 19.1. The second kappa shape index (κ2) is 22.9. The molecule has 0 bridgehead atoms. The van der Waals surface area contributed by atoms with Crippen molar-refractivity contribution in [3.8, 4) is 0 Å². The fourth-order valence-electron chi connectivity index (χ4n) is 7.18. The molecular weight excluding hydrogens is 755 g/mol. The third-order valence-corrected chi connectivity index (χ3v) is 10.1. The summed E-state index contributed by atoms with van der Waals surface area (Å²) < 4.78 is 24.8. The molecule has 1 aromatic carbocycles. The van der Waals surface area contributed by atoms with Gasteiger partial charge >= 0.3 is 5.97 Å². The Labute approximate surface area is 339 Å². The van der Waals surface area contributed by atoms with Gasteiger partial charge < -0.3 is 41.4 Å². The molecule has 17 heteroatoms. The van der Waals surface area contributed by atoms with Crippen LogP contribution in [0, 0.1) is 11.7 Å². The van der Waals surface area contributed by atoms with Crippen molar-refractivity contribution < 1.29 is 52.2 Å². The summed E-state index contributed by atoms with van der Waals surface area (Å²) >= 11 is 0. The summed E-state index contributed by atoms with van der Waals surface area (Å²) in [6.45, 7) is 7.56. The van der Waals surface area contributed by atoms with Crippen molar-refractivity contribution >= 4 is 47.2 Å². The molecule has 6 N–H and O–H groups in total. The fraction of sp³-hybridized carbons (Fsp3) is 0.659. The van der Waals surface area contributed by atoms with Gasteiger partial charge in [-0.2, -0.15) is 0 Å². The molecule has 1 aliphatic heterocycles. The van der Waals surface area contributed by atoms with Gasteiger partial charge in [-0.25, -0.2) is 9.18 Å². The van der Waals surface area contributed by atoms with E-state index < -0.39 is 102 Å². The minimum atomic E-state index is -1.33. The number of benzene rings is 1. The summed E-state index contributed by atoms with van der Waals surface area (Å²) in [4.78, 5) is 106. The van der Waals surface area contributed by atoms with E-state index in [4.69, 9.17) is 15.2 Å². The average Bonchev–Trinajstić information content (AvgIpc) is 3.61. The van der Waals surface area contributed by atoms with Crippen LogP contribution in [0.2, 0.25) is 0 Å². The lowest BCUT2D eigenvalue weighted by Crippen LogP contribution is -2.58. The summed E-state index contributed by atoms with van der Waals surface area (Å²) in [7, 11) is 0. The number of esters is 1. The van der Waals surface area contributed by atoms with Crippen molar-refractivity contribution in [2.24, 2.45) is 11.7 Å². The number of Topliss-reactive ketones (excluding diaryl/α,β-unsaturated/α-hetero) is 1. The van der Waals surface area contributed by atoms with Gasteiger partial charge in [0.15, 0.2) is 0 Å². The fourth-order valence-corrected chi connectivity index (χ4v) is 7.18. The molecule has 4 unspecified atom stereocenters. The van der Waals surface area contributed by atoms with Gasteiger partial charge in [-0.1, -0.05) is 64.5 Å². The van der Waals surface area contributed by atoms with Crippen LogP contribution in [-0.4, -0.2) is 108 Å². The molecule has 1 heterocycles. The Morgan fingerprint density at radius 1 is 0.879 bits per heavy atom. The summed E-state index contributed by atoms with van der Waals surface area (Å²) in [5.74, 6) is -6.74. The molecule has 322 valence electrons. The lowest BCUT2D eigenvalue weighted by Gasteiger charge is -2.35. The zero-order valence-electron chi connectivity index (χ0n) is 34.4. The maximum absolute atomic E-state index is 14.6. The van der Waals surface area contributed by atoms with Crippen LogP contribution in [0.4, 0.5) is 4.39 Å². The van der Waals surface area contributed by atoms with Crippen LogP contribution in [0.1, 0.15) is 111 Å². The molecule has 0 spiro atoms. The van der Waals surface area contributed by atoms with Crippen LogP contribution in [0.25, 0.3) is 0 Å². The predicted octanol–water partition coefficient (Wildman–Crippen LogP) is 1.89. The molecule has 1 aromatic rings. The van der Waals surface area contributed by atoms with Gasteiger partial charge in [0.2, 0.25) is 35.3 Å². The number of primary amides is 1. The number of amides is 6. The van der Waals surface area contributed by atoms with Crippen LogP contribution in [-0.2, 0) is 54.3 Å². The van der Waals surface area contributed by atoms with Gasteiger partial charge in [0, 0.05) is 13.0 Å². The van der Waals surface area contributed by atoms with Gasteiger partial charge in [-0.05, 0) is 70.1 Å². The maximum Gasteiger partial charge on any atom is 0.332 e. The highest BCUT2D eigenvalue weighted by molar-refractivity contribution is 6.38. The molecular formula is C41H61FN6O10. The summed E-state index contributed by atoms with van der Waals surface area (Å²) in [5.41, 5.74) is 5.14. The molecule has 1 aliphatic carbocycles. The first-order chi connectivity index (χ1) is 27.4. The molecule has 0 radical (unpaired) electrons. The van der Waals surface area contributed by atoms with E-state index in [0.717, 1.165) is 25.7 Å². The first kappa shape index (κ1) is 47.4. The molecule has 58 heavy (non-hydrogen) atoms. The van der Waals surface area contributed by atoms with Gasteiger partial charge in [0.25, 0.3) is 5.91 Å². The van der Waals surface area contributed by atoms with E-state index in [-0.39, 0.29) is 31.7 Å². The van der Waals surface area contributed by atoms with Gasteiger partial charge in [-0.3, -0.25) is 33.6 Å². The number of ether oxygens (including phenoxy) is 2. The topological polar surface area (TPSA) is 232 Å². The van der Waals surface area contributed by atoms with Crippen LogP contribution in [0.3, 0.4) is 0 Å². The Kier molecular flexibility index (Phi) is 18.7. The van der Waals surface area contributed by atoms with Crippen LogP contribution < -0.4 is 27.0 Å². The number of unbranched alkanes of at least 4 members (excludes halogenated alkanes) is 1. The zero-order chi connectivity index (χ0) is 43.0. The Morgan fingerprint density at radius 3 is 2.16 bits per heavy atom. The van der Waals surface area contributed by atoms with Gasteiger partial charge in [-0.15, -0.1) is 0 Å². The summed E-state index contributed by atoms with van der Waals surface area (Å²) in [6.07, 6.45) is 5.08. The van der Waals surface area contributed by atoms with Crippen molar-refractivity contribution in [3.05, 3.63) is 35.6 Å². The van der Waals surface area contributed by atoms with Gasteiger partial charge in [0.1, 0.15) is 36.2 Å². The Bertz CT molecular complexity index is 1610. The second-order valence-electron chi connectivity index (χ2n) is 16.1. The predicted molar refractivity (Wildman–Crippen MR) is 210 cm³/mol. The number of nitrogens with zero attached hydrogens (tertiary/aromatic N) is 1. The summed E-state index contributed by atoms with van der Waals surface area (Å²) in [5, 5.41) is 10.2. The van der Waals surface area contributed by atoms with E-state index in [1.54, 1.807) is 27.7 Å². The van der Waals surface area contributed by atoms with Crippen molar-refractivity contribution in [2.45, 2.75) is 148 Å².